The van der Waals surface area contributed by atoms with Gasteiger partial charge in [-0.3, -0.25) is 4.79 Å². The van der Waals surface area contributed by atoms with Crippen molar-refractivity contribution in [3.63, 3.8) is 0 Å². The summed E-state index contributed by atoms with van der Waals surface area (Å²) < 4.78 is 0. The van der Waals surface area contributed by atoms with Crippen LogP contribution in [0.1, 0.15) is 11.9 Å². The van der Waals surface area contributed by atoms with Gasteiger partial charge in [-0.15, -0.1) is 11.3 Å². The molecule has 1 aromatic rings. The van der Waals surface area contributed by atoms with Gasteiger partial charge < -0.3 is 10.4 Å². The predicted molar refractivity (Wildman–Crippen MR) is 45.6 cm³/mol. The summed E-state index contributed by atoms with van der Waals surface area (Å²) in [5, 5.41) is 14.0. The molecule has 1 heterocycles. The standard InChI is InChI=1S/C7H10N2O2S/c1-5(10)7(11)9-4-6-8-2-3-12-6/h2-3,5,10H,4H2,1H3,(H,9,11)/t5-/m0/s1. The number of aromatic nitrogens is 1. The molecule has 66 valence electrons. The number of amides is 1. The second kappa shape index (κ2) is 4.18. The fourth-order valence-electron chi connectivity index (χ4n) is 0.651. The van der Waals surface area contributed by atoms with Crippen LogP contribution < -0.4 is 5.32 Å². The monoisotopic (exact) mass is 186 g/mol. The summed E-state index contributed by atoms with van der Waals surface area (Å²) in [6.45, 7) is 1.82. The number of nitrogens with zero attached hydrogens (tertiary/aromatic N) is 1. The summed E-state index contributed by atoms with van der Waals surface area (Å²) >= 11 is 1.47. The third kappa shape index (κ3) is 2.60. The van der Waals surface area contributed by atoms with E-state index in [0.717, 1.165) is 5.01 Å². The van der Waals surface area contributed by atoms with Crippen LogP contribution in [0.5, 0.6) is 0 Å². The Morgan fingerprint density at radius 3 is 3.17 bits per heavy atom. The molecule has 0 fully saturated rings. The maximum atomic E-state index is 10.9. The molecule has 12 heavy (non-hydrogen) atoms. The Labute approximate surface area is 74.3 Å². The number of nitrogens with one attached hydrogen (secondary N) is 1. The lowest BCUT2D eigenvalue weighted by molar-refractivity contribution is -0.128. The van der Waals surface area contributed by atoms with Crippen LogP contribution in [-0.4, -0.2) is 22.1 Å². The molecular formula is C7H10N2O2S. The minimum atomic E-state index is -0.954. The van der Waals surface area contributed by atoms with E-state index in [9.17, 15) is 4.79 Å². The van der Waals surface area contributed by atoms with Gasteiger partial charge >= 0.3 is 0 Å². The molecule has 0 aromatic carbocycles. The van der Waals surface area contributed by atoms with Crippen LogP contribution in [0, 0.1) is 0 Å². The van der Waals surface area contributed by atoms with Crippen molar-refractivity contribution in [2.24, 2.45) is 0 Å². The highest BCUT2D eigenvalue weighted by Crippen LogP contribution is 2.02. The molecule has 0 spiro atoms. The van der Waals surface area contributed by atoms with Crippen molar-refractivity contribution in [2.45, 2.75) is 19.6 Å². The number of thiazole rings is 1. The summed E-state index contributed by atoms with van der Waals surface area (Å²) in [7, 11) is 0. The minimum absolute atomic E-state index is 0.370. The van der Waals surface area contributed by atoms with Gasteiger partial charge in [-0.1, -0.05) is 0 Å². The highest BCUT2D eigenvalue weighted by molar-refractivity contribution is 7.09. The first-order chi connectivity index (χ1) is 5.70. The van der Waals surface area contributed by atoms with E-state index in [2.05, 4.69) is 10.3 Å². The number of carbonyl (C=O) groups excluding carboxylic acids is 1. The molecule has 0 saturated carbocycles. The molecule has 1 aromatic heterocycles. The lowest BCUT2D eigenvalue weighted by Gasteiger charge is -2.03. The van der Waals surface area contributed by atoms with Gasteiger partial charge in [0.1, 0.15) is 11.1 Å². The molecule has 1 rings (SSSR count). The first-order valence-corrected chi connectivity index (χ1v) is 4.42. The largest absolute Gasteiger partial charge is 0.384 e. The zero-order valence-electron chi connectivity index (χ0n) is 6.65. The maximum Gasteiger partial charge on any atom is 0.248 e. The van der Waals surface area contributed by atoms with Crippen LogP contribution in [0.15, 0.2) is 11.6 Å². The summed E-state index contributed by atoms with van der Waals surface area (Å²) in [6, 6.07) is 0. The zero-order valence-corrected chi connectivity index (χ0v) is 7.47. The zero-order chi connectivity index (χ0) is 8.97. The molecule has 0 aliphatic rings. The SMILES string of the molecule is C[C@H](O)C(=O)NCc1nccs1. The smallest absolute Gasteiger partial charge is 0.248 e. The maximum absolute atomic E-state index is 10.9. The quantitative estimate of drug-likeness (QED) is 0.705. The Bertz CT molecular complexity index is 246. The first-order valence-electron chi connectivity index (χ1n) is 3.54. The second-order valence-electron chi connectivity index (χ2n) is 2.32. The van der Waals surface area contributed by atoms with Gasteiger partial charge in [0, 0.05) is 11.6 Å². The fraction of sp³-hybridized carbons (Fsp3) is 0.429. The minimum Gasteiger partial charge on any atom is -0.384 e. The molecule has 5 heteroatoms. The molecule has 0 aliphatic heterocycles. The molecule has 1 atom stereocenters. The van der Waals surface area contributed by atoms with Gasteiger partial charge in [0.2, 0.25) is 5.91 Å². The summed E-state index contributed by atoms with van der Waals surface area (Å²) in [4.78, 5) is 14.8. The van der Waals surface area contributed by atoms with E-state index in [1.54, 1.807) is 6.20 Å². The van der Waals surface area contributed by atoms with Crippen LogP contribution >= 0.6 is 11.3 Å². The third-order valence-electron chi connectivity index (χ3n) is 1.28. The molecule has 1 amide bonds. The lowest BCUT2D eigenvalue weighted by Crippen LogP contribution is -2.31. The van der Waals surface area contributed by atoms with Crippen molar-refractivity contribution in [3.8, 4) is 0 Å². The first kappa shape index (κ1) is 9.15. The van der Waals surface area contributed by atoms with E-state index in [0.29, 0.717) is 6.54 Å². The Balaban J connectivity index is 2.32. The van der Waals surface area contributed by atoms with Crippen molar-refractivity contribution < 1.29 is 9.90 Å². The van der Waals surface area contributed by atoms with Crippen molar-refractivity contribution in [2.75, 3.05) is 0 Å². The van der Waals surface area contributed by atoms with Crippen LogP contribution in [0.2, 0.25) is 0 Å². The van der Waals surface area contributed by atoms with Crippen molar-refractivity contribution in [1.29, 1.82) is 0 Å². The molecular weight excluding hydrogens is 176 g/mol. The van der Waals surface area contributed by atoms with Crippen molar-refractivity contribution >= 4 is 17.2 Å². The highest BCUT2D eigenvalue weighted by atomic mass is 32.1. The number of hydrogen-bond donors (Lipinski definition) is 2. The van der Waals surface area contributed by atoms with E-state index >= 15 is 0 Å². The van der Waals surface area contributed by atoms with Crippen LogP contribution in [-0.2, 0) is 11.3 Å². The van der Waals surface area contributed by atoms with E-state index in [4.69, 9.17) is 5.11 Å². The Morgan fingerprint density at radius 1 is 1.92 bits per heavy atom. The number of aliphatic hydroxyl groups is 1. The van der Waals surface area contributed by atoms with Crippen LogP contribution in [0.25, 0.3) is 0 Å². The molecule has 0 radical (unpaired) electrons. The Morgan fingerprint density at radius 2 is 2.67 bits per heavy atom. The van der Waals surface area contributed by atoms with Crippen LogP contribution in [0.4, 0.5) is 0 Å². The topological polar surface area (TPSA) is 62.2 Å². The predicted octanol–water partition coefficient (Wildman–Crippen LogP) is 0.140. The van der Waals surface area contributed by atoms with E-state index in [1.807, 2.05) is 5.38 Å². The van der Waals surface area contributed by atoms with Crippen molar-refractivity contribution in [1.82, 2.24) is 10.3 Å². The second-order valence-corrected chi connectivity index (χ2v) is 3.30. The fourth-order valence-corrected chi connectivity index (χ4v) is 1.21. The number of aliphatic hydroxyl groups excluding tert-OH is 1. The average molecular weight is 186 g/mol. The van der Waals surface area contributed by atoms with Gasteiger partial charge in [0.05, 0.1) is 6.54 Å². The Hall–Kier alpha value is -0.940. The van der Waals surface area contributed by atoms with Crippen molar-refractivity contribution in [3.05, 3.63) is 16.6 Å². The van der Waals surface area contributed by atoms with E-state index in [1.165, 1.54) is 18.3 Å². The molecule has 0 bridgehead atoms. The van der Waals surface area contributed by atoms with Gasteiger partial charge in [-0.25, -0.2) is 4.98 Å². The molecule has 4 nitrogen and oxygen atoms in total. The lowest BCUT2D eigenvalue weighted by atomic mass is 10.4. The summed E-state index contributed by atoms with van der Waals surface area (Å²) in [5.74, 6) is -0.370. The van der Waals surface area contributed by atoms with Gasteiger partial charge in [0.15, 0.2) is 0 Å². The van der Waals surface area contributed by atoms with Gasteiger partial charge in [0.25, 0.3) is 0 Å². The van der Waals surface area contributed by atoms with Crippen LogP contribution in [0.3, 0.4) is 0 Å². The molecule has 0 aliphatic carbocycles. The molecule has 0 saturated heterocycles. The number of carbonyl (C=O) groups is 1. The molecule has 0 unspecified atom stereocenters. The Kier molecular flexibility index (Phi) is 3.19. The van der Waals surface area contributed by atoms with E-state index < -0.39 is 6.10 Å². The average Bonchev–Trinajstić information content (AvgIpc) is 2.51. The third-order valence-corrected chi connectivity index (χ3v) is 2.06. The van der Waals surface area contributed by atoms with E-state index in [-0.39, 0.29) is 5.91 Å². The number of hydrogen-bond acceptors (Lipinski definition) is 4. The summed E-state index contributed by atoms with van der Waals surface area (Å²) in [5.41, 5.74) is 0. The molecule has 2 N–H and O–H groups in total. The van der Waals surface area contributed by atoms with Gasteiger partial charge in [-0.2, -0.15) is 0 Å². The number of rotatable bonds is 3. The normalized spacial score (nSPS) is 12.5. The van der Waals surface area contributed by atoms with Gasteiger partial charge in [-0.05, 0) is 6.92 Å². The highest BCUT2D eigenvalue weighted by Gasteiger charge is 2.07. The summed E-state index contributed by atoms with van der Waals surface area (Å²) in [6.07, 6.45) is 0.721.